The molecule has 1 aromatic heterocycles. The fraction of sp³-hybridized carbons (Fsp3) is 0.125. The van der Waals surface area contributed by atoms with E-state index in [4.69, 9.17) is 0 Å². The Morgan fingerprint density at radius 3 is 2.52 bits per heavy atom. The van der Waals surface area contributed by atoms with Crippen molar-refractivity contribution in [1.82, 2.24) is 4.57 Å². The van der Waals surface area contributed by atoms with Crippen LogP contribution in [0.15, 0.2) is 88.4 Å². The molecule has 0 unspecified atom stereocenters. The summed E-state index contributed by atoms with van der Waals surface area (Å²) in [5.41, 5.74) is 3.08. The summed E-state index contributed by atoms with van der Waals surface area (Å²) in [6.07, 6.45) is 1.57. The topological polar surface area (TPSA) is 68.2 Å². The van der Waals surface area contributed by atoms with Gasteiger partial charge in [0.15, 0.2) is 9.84 Å². The molecule has 1 heterocycles. The molecule has 0 atom stereocenters. The van der Waals surface area contributed by atoms with E-state index in [0.717, 1.165) is 15.6 Å². The number of nitrogens with zero attached hydrogens (tertiary/aromatic N) is 1. The Morgan fingerprint density at radius 2 is 1.74 bits per heavy atom. The van der Waals surface area contributed by atoms with Crippen LogP contribution in [0.1, 0.15) is 11.1 Å². The maximum atomic E-state index is 13.3. The van der Waals surface area contributed by atoms with E-state index in [2.05, 4.69) is 21.2 Å². The standard InChI is InChI=1S/C24H21BrN2O3S/c1-17-7-2-3-8-18(17)16-31(29,30)23-14-27(22-12-5-4-11-21(22)23)15-24(28)26-20-10-6-9-19(25)13-20/h2-14H,15-16H2,1H3,(H,26,28). The fourth-order valence-electron chi connectivity index (χ4n) is 3.57. The van der Waals surface area contributed by atoms with Crippen LogP contribution in [-0.4, -0.2) is 18.9 Å². The second-order valence-electron chi connectivity index (χ2n) is 7.38. The Labute approximate surface area is 189 Å². The molecule has 158 valence electrons. The Balaban J connectivity index is 1.66. The highest BCUT2D eigenvalue weighted by atomic mass is 79.9. The lowest BCUT2D eigenvalue weighted by molar-refractivity contribution is -0.116. The molecule has 0 saturated heterocycles. The second kappa shape index (κ2) is 8.69. The Bertz CT molecular complexity index is 1380. The lowest BCUT2D eigenvalue weighted by Crippen LogP contribution is -2.18. The van der Waals surface area contributed by atoms with Crippen molar-refractivity contribution in [2.75, 3.05) is 5.32 Å². The molecule has 0 aliphatic carbocycles. The molecular weight excluding hydrogens is 476 g/mol. The maximum Gasteiger partial charge on any atom is 0.244 e. The summed E-state index contributed by atoms with van der Waals surface area (Å²) in [6, 6.07) is 22.0. The van der Waals surface area contributed by atoms with Crippen LogP contribution in [0.3, 0.4) is 0 Å². The molecule has 7 heteroatoms. The summed E-state index contributed by atoms with van der Waals surface area (Å²) in [5.74, 6) is -0.320. The van der Waals surface area contributed by atoms with E-state index >= 15 is 0 Å². The van der Waals surface area contributed by atoms with Gasteiger partial charge in [0.1, 0.15) is 6.54 Å². The van der Waals surface area contributed by atoms with Crippen molar-refractivity contribution in [2.45, 2.75) is 24.1 Å². The highest BCUT2D eigenvalue weighted by Crippen LogP contribution is 2.29. The molecule has 31 heavy (non-hydrogen) atoms. The molecule has 0 aliphatic rings. The summed E-state index contributed by atoms with van der Waals surface area (Å²) in [7, 11) is -3.60. The minimum Gasteiger partial charge on any atom is -0.337 e. The van der Waals surface area contributed by atoms with Crippen molar-refractivity contribution in [3.63, 3.8) is 0 Å². The zero-order chi connectivity index (χ0) is 22.0. The molecule has 4 aromatic rings. The van der Waals surface area contributed by atoms with Crippen LogP contribution in [0.4, 0.5) is 5.69 Å². The summed E-state index contributed by atoms with van der Waals surface area (Å²) < 4.78 is 29.1. The normalized spacial score (nSPS) is 11.5. The minimum absolute atomic E-state index is 0.00686. The van der Waals surface area contributed by atoms with Gasteiger partial charge < -0.3 is 9.88 Å². The third kappa shape index (κ3) is 4.73. The van der Waals surface area contributed by atoms with E-state index in [1.807, 2.05) is 61.5 Å². The number of para-hydroxylation sites is 1. The molecule has 0 saturated carbocycles. The van der Waals surface area contributed by atoms with Gasteiger partial charge in [0.25, 0.3) is 0 Å². The third-order valence-electron chi connectivity index (χ3n) is 5.12. The van der Waals surface area contributed by atoms with E-state index in [0.29, 0.717) is 16.6 Å². The number of benzene rings is 3. The highest BCUT2D eigenvalue weighted by molar-refractivity contribution is 9.10. The fourth-order valence-corrected chi connectivity index (χ4v) is 5.65. The molecule has 1 N–H and O–H groups in total. The van der Waals surface area contributed by atoms with Crippen LogP contribution < -0.4 is 5.32 Å². The third-order valence-corrected chi connectivity index (χ3v) is 7.30. The number of anilines is 1. The highest BCUT2D eigenvalue weighted by Gasteiger charge is 2.23. The molecule has 0 aliphatic heterocycles. The van der Waals surface area contributed by atoms with Crippen LogP contribution in [-0.2, 0) is 26.9 Å². The largest absolute Gasteiger partial charge is 0.337 e. The maximum absolute atomic E-state index is 13.3. The van der Waals surface area contributed by atoms with Crippen LogP contribution in [0.25, 0.3) is 10.9 Å². The average molecular weight is 497 g/mol. The number of nitrogens with one attached hydrogen (secondary N) is 1. The molecule has 3 aromatic carbocycles. The van der Waals surface area contributed by atoms with Crippen molar-refractivity contribution in [2.24, 2.45) is 0 Å². The van der Waals surface area contributed by atoms with E-state index in [9.17, 15) is 13.2 Å². The molecule has 1 amide bonds. The summed E-state index contributed by atoms with van der Waals surface area (Å²) >= 11 is 3.39. The minimum atomic E-state index is -3.60. The lowest BCUT2D eigenvalue weighted by atomic mass is 10.1. The lowest BCUT2D eigenvalue weighted by Gasteiger charge is -2.08. The van der Waals surface area contributed by atoms with Crippen LogP contribution in [0.2, 0.25) is 0 Å². The van der Waals surface area contributed by atoms with Crippen molar-refractivity contribution in [3.05, 3.63) is 94.6 Å². The summed E-state index contributed by atoms with van der Waals surface area (Å²) in [5, 5.41) is 3.47. The zero-order valence-electron chi connectivity index (χ0n) is 16.9. The second-order valence-corrected chi connectivity index (χ2v) is 10.3. The predicted octanol–water partition coefficient (Wildman–Crippen LogP) is 5.32. The van der Waals surface area contributed by atoms with Gasteiger partial charge in [0, 0.05) is 27.3 Å². The van der Waals surface area contributed by atoms with Gasteiger partial charge in [-0.25, -0.2) is 8.42 Å². The predicted molar refractivity (Wildman–Crippen MR) is 127 cm³/mol. The average Bonchev–Trinajstić information content (AvgIpc) is 3.09. The quantitative estimate of drug-likeness (QED) is 0.392. The van der Waals surface area contributed by atoms with Crippen LogP contribution >= 0.6 is 15.9 Å². The molecule has 0 fully saturated rings. The van der Waals surface area contributed by atoms with Crippen molar-refractivity contribution >= 4 is 48.3 Å². The first-order valence-corrected chi connectivity index (χ1v) is 12.2. The SMILES string of the molecule is Cc1ccccc1CS(=O)(=O)c1cn(CC(=O)Nc2cccc(Br)c2)c2ccccc12. The smallest absolute Gasteiger partial charge is 0.244 e. The van der Waals surface area contributed by atoms with Crippen LogP contribution in [0, 0.1) is 6.92 Å². The number of hydrogen-bond donors (Lipinski definition) is 1. The number of aromatic nitrogens is 1. The monoisotopic (exact) mass is 496 g/mol. The number of sulfone groups is 1. The molecule has 4 rings (SSSR count). The van der Waals surface area contributed by atoms with Crippen molar-refractivity contribution in [3.8, 4) is 0 Å². The van der Waals surface area contributed by atoms with Crippen LogP contribution in [0.5, 0.6) is 0 Å². The number of amides is 1. The van der Waals surface area contributed by atoms with Gasteiger partial charge in [-0.1, -0.05) is 64.5 Å². The Morgan fingerprint density at radius 1 is 1.00 bits per heavy atom. The van der Waals surface area contributed by atoms with Gasteiger partial charge in [0.2, 0.25) is 5.91 Å². The molecule has 0 radical (unpaired) electrons. The number of fused-ring (bicyclic) bond motifs is 1. The van der Waals surface area contributed by atoms with E-state index in [-0.39, 0.29) is 23.1 Å². The summed E-state index contributed by atoms with van der Waals surface area (Å²) in [6.45, 7) is 1.91. The first-order chi connectivity index (χ1) is 14.8. The number of carbonyl (C=O) groups excluding carboxylic acids is 1. The number of rotatable bonds is 6. The Kier molecular flexibility index (Phi) is 5.98. The number of aryl methyl sites for hydroxylation is 1. The molecular formula is C24H21BrN2O3S. The Hall–Kier alpha value is -2.90. The first-order valence-electron chi connectivity index (χ1n) is 9.74. The van der Waals surface area contributed by atoms with Gasteiger partial charge in [-0.05, 0) is 42.3 Å². The number of halogens is 1. The molecule has 0 bridgehead atoms. The van der Waals surface area contributed by atoms with Gasteiger partial charge >= 0.3 is 0 Å². The van der Waals surface area contributed by atoms with Gasteiger partial charge in [-0.2, -0.15) is 0 Å². The van der Waals surface area contributed by atoms with E-state index in [1.54, 1.807) is 29.0 Å². The van der Waals surface area contributed by atoms with Gasteiger partial charge in [-0.15, -0.1) is 0 Å². The van der Waals surface area contributed by atoms with E-state index in [1.165, 1.54) is 0 Å². The first kappa shape index (κ1) is 21.3. The number of hydrogen-bond acceptors (Lipinski definition) is 3. The zero-order valence-corrected chi connectivity index (χ0v) is 19.3. The van der Waals surface area contributed by atoms with Crippen molar-refractivity contribution in [1.29, 1.82) is 0 Å². The summed E-state index contributed by atoms with van der Waals surface area (Å²) in [4.78, 5) is 12.9. The molecule has 0 spiro atoms. The number of carbonyl (C=O) groups is 1. The molecule has 5 nitrogen and oxygen atoms in total. The van der Waals surface area contributed by atoms with Crippen molar-refractivity contribution < 1.29 is 13.2 Å². The van der Waals surface area contributed by atoms with Gasteiger partial charge in [0.05, 0.1) is 10.6 Å². The van der Waals surface area contributed by atoms with Gasteiger partial charge in [-0.3, -0.25) is 4.79 Å². The van der Waals surface area contributed by atoms with E-state index < -0.39 is 9.84 Å².